The van der Waals surface area contributed by atoms with Crippen molar-refractivity contribution < 1.29 is 26.0 Å². The molecular weight excluding hydrogens is 442 g/mol. The molecule has 0 aliphatic rings. The van der Waals surface area contributed by atoms with Crippen LogP contribution >= 0.6 is 11.6 Å². The van der Waals surface area contributed by atoms with Gasteiger partial charge in [-0.15, -0.1) is 5.10 Å². The Hall–Kier alpha value is -2.76. The lowest BCUT2D eigenvalue weighted by Crippen LogP contribution is -2.23. The van der Waals surface area contributed by atoms with Crippen LogP contribution in [0.5, 0.6) is 0 Å². The van der Waals surface area contributed by atoms with Gasteiger partial charge in [0.1, 0.15) is 5.75 Å². The van der Waals surface area contributed by atoms with Gasteiger partial charge in [-0.3, -0.25) is 10.1 Å². The van der Waals surface area contributed by atoms with E-state index < -0.39 is 31.3 Å². The van der Waals surface area contributed by atoms with Crippen LogP contribution in [0.4, 0.5) is 6.01 Å². The van der Waals surface area contributed by atoms with Crippen LogP contribution in [0.15, 0.2) is 62.7 Å². The third-order valence-electron chi connectivity index (χ3n) is 3.69. The van der Waals surface area contributed by atoms with Crippen LogP contribution in [0.25, 0.3) is 11.5 Å². The average Bonchev–Trinajstić information content (AvgIpc) is 3.09. The summed E-state index contributed by atoms with van der Waals surface area (Å²) >= 11 is 5.73. The fourth-order valence-electron chi connectivity index (χ4n) is 2.29. The molecule has 152 valence electrons. The standard InChI is InChI=1S/C17H14ClN3O6S2/c1-28(23,24)13-6-2-11(3-7-13)16-20-21-17(27-16)19-15(22)10-29(25,26)14-8-4-12(18)5-9-14/h2-9H,10H2,1H3,(H,19,21,22). The summed E-state index contributed by atoms with van der Waals surface area (Å²) in [6.07, 6.45) is 1.08. The molecule has 3 aromatic rings. The van der Waals surface area contributed by atoms with E-state index in [0.717, 1.165) is 6.26 Å². The fraction of sp³-hybridized carbons (Fsp3) is 0.118. The normalized spacial score (nSPS) is 11.9. The predicted octanol–water partition coefficient (Wildman–Crippen LogP) is 2.21. The minimum atomic E-state index is -3.88. The van der Waals surface area contributed by atoms with Gasteiger partial charge in [-0.1, -0.05) is 16.7 Å². The van der Waals surface area contributed by atoms with Crippen molar-refractivity contribution in [3.63, 3.8) is 0 Å². The van der Waals surface area contributed by atoms with E-state index >= 15 is 0 Å². The number of nitrogens with one attached hydrogen (secondary N) is 1. The first kappa shape index (κ1) is 21.0. The highest BCUT2D eigenvalue weighted by molar-refractivity contribution is 7.92. The zero-order valence-corrected chi connectivity index (χ0v) is 17.3. The van der Waals surface area contributed by atoms with E-state index in [9.17, 15) is 21.6 Å². The second kappa shape index (κ2) is 7.93. The van der Waals surface area contributed by atoms with E-state index in [0.29, 0.717) is 10.6 Å². The lowest BCUT2D eigenvalue weighted by Gasteiger charge is -2.04. The Bertz CT molecular complexity index is 1250. The van der Waals surface area contributed by atoms with Crippen molar-refractivity contribution in [1.82, 2.24) is 10.2 Å². The van der Waals surface area contributed by atoms with E-state index in [-0.39, 0.29) is 21.7 Å². The number of benzene rings is 2. The largest absolute Gasteiger partial charge is 0.403 e. The van der Waals surface area contributed by atoms with Gasteiger partial charge in [0.05, 0.1) is 9.79 Å². The first-order valence-corrected chi connectivity index (χ1v) is 11.9. The molecule has 0 unspecified atom stereocenters. The molecule has 1 amide bonds. The second-order valence-corrected chi connectivity index (χ2v) is 10.4. The number of halogens is 1. The van der Waals surface area contributed by atoms with Gasteiger partial charge >= 0.3 is 6.01 Å². The van der Waals surface area contributed by atoms with Gasteiger partial charge in [0.25, 0.3) is 0 Å². The number of amides is 1. The molecule has 1 heterocycles. The zero-order valence-electron chi connectivity index (χ0n) is 14.9. The number of nitrogens with zero attached hydrogens (tertiary/aromatic N) is 2. The molecule has 12 heteroatoms. The van der Waals surface area contributed by atoms with Crippen LogP contribution in [0.3, 0.4) is 0 Å². The van der Waals surface area contributed by atoms with E-state index in [1.807, 2.05) is 0 Å². The molecule has 0 atom stereocenters. The van der Waals surface area contributed by atoms with E-state index in [4.69, 9.17) is 16.0 Å². The summed E-state index contributed by atoms with van der Waals surface area (Å²) in [4.78, 5) is 12.1. The fourth-order valence-corrected chi connectivity index (χ4v) is 4.18. The quantitative estimate of drug-likeness (QED) is 0.597. The number of sulfone groups is 2. The Morgan fingerprint density at radius 3 is 2.14 bits per heavy atom. The van der Waals surface area contributed by atoms with Crippen molar-refractivity contribution in [3.8, 4) is 11.5 Å². The summed E-state index contributed by atoms with van der Waals surface area (Å²) in [5, 5.41) is 9.99. The molecule has 1 aromatic heterocycles. The molecule has 0 aliphatic heterocycles. The highest BCUT2D eigenvalue weighted by Gasteiger charge is 2.21. The monoisotopic (exact) mass is 455 g/mol. The maximum atomic E-state index is 12.3. The number of hydrogen-bond donors (Lipinski definition) is 1. The molecule has 0 bridgehead atoms. The highest BCUT2D eigenvalue weighted by atomic mass is 35.5. The molecular formula is C17H14ClN3O6S2. The van der Waals surface area contributed by atoms with Crippen LogP contribution in [-0.2, 0) is 24.5 Å². The lowest BCUT2D eigenvalue weighted by molar-refractivity contribution is -0.114. The second-order valence-electron chi connectivity index (χ2n) is 5.97. The van der Waals surface area contributed by atoms with Crippen LogP contribution < -0.4 is 5.32 Å². The minimum absolute atomic E-state index is 0.0286. The van der Waals surface area contributed by atoms with Crippen molar-refractivity contribution in [2.75, 3.05) is 17.3 Å². The summed E-state index contributed by atoms with van der Waals surface area (Å²) < 4.78 is 52.8. The van der Waals surface area contributed by atoms with Crippen LogP contribution in [0.1, 0.15) is 0 Å². The first-order chi connectivity index (χ1) is 13.5. The van der Waals surface area contributed by atoms with Gasteiger partial charge in [-0.25, -0.2) is 16.8 Å². The Balaban J connectivity index is 1.69. The number of hydrogen-bond acceptors (Lipinski definition) is 8. The van der Waals surface area contributed by atoms with E-state index in [1.54, 1.807) is 0 Å². The Morgan fingerprint density at radius 1 is 0.966 bits per heavy atom. The molecule has 0 radical (unpaired) electrons. The summed E-state index contributed by atoms with van der Waals surface area (Å²) in [5.41, 5.74) is 0.430. The molecule has 3 rings (SSSR count). The van der Waals surface area contributed by atoms with Crippen molar-refractivity contribution >= 4 is 43.2 Å². The van der Waals surface area contributed by atoms with Crippen LogP contribution in [0.2, 0.25) is 5.02 Å². The number of rotatable bonds is 6. The molecule has 0 saturated heterocycles. The van der Waals surface area contributed by atoms with Gasteiger partial charge in [0.2, 0.25) is 11.8 Å². The van der Waals surface area contributed by atoms with Crippen molar-refractivity contribution in [2.45, 2.75) is 9.79 Å². The molecule has 29 heavy (non-hydrogen) atoms. The molecule has 0 spiro atoms. The highest BCUT2D eigenvalue weighted by Crippen LogP contribution is 2.22. The van der Waals surface area contributed by atoms with Gasteiger partial charge < -0.3 is 4.42 Å². The zero-order chi connectivity index (χ0) is 21.2. The molecule has 9 nitrogen and oxygen atoms in total. The molecule has 0 fully saturated rings. The third-order valence-corrected chi connectivity index (χ3v) is 6.71. The molecule has 1 N–H and O–H groups in total. The Morgan fingerprint density at radius 2 is 1.55 bits per heavy atom. The van der Waals surface area contributed by atoms with E-state index in [1.165, 1.54) is 48.5 Å². The predicted molar refractivity (Wildman–Crippen MR) is 105 cm³/mol. The van der Waals surface area contributed by atoms with Crippen LogP contribution in [0, 0.1) is 0 Å². The van der Waals surface area contributed by atoms with Gasteiger partial charge in [-0.05, 0) is 48.5 Å². The summed E-state index contributed by atoms with van der Waals surface area (Å²) in [6.45, 7) is 0. The summed E-state index contributed by atoms with van der Waals surface area (Å²) in [6, 6.07) is 10.8. The van der Waals surface area contributed by atoms with E-state index in [2.05, 4.69) is 15.5 Å². The molecule has 0 saturated carbocycles. The minimum Gasteiger partial charge on any atom is -0.403 e. The summed E-state index contributed by atoms with van der Waals surface area (Å²) in [7, 11) is -7.22. The maximum absolute atomic E-state index is 12.3. The van der Waals surface area contributed by atoms with Gasteiger partial charge in [-0.2, -0.15) is 0 Å². The van der Waals surface area contributed by atoms with Crippen LogP contribution in [-0.4, -0.2) is 44.9 Å². The topological polar surface area (TPSA) is 136 Å². The third kappa shape index (κ3) is 5.19. The first-order valence-electron chi connectivity index (χ1n) is 7.97. The summed E-state index contributed by atoms with van der Waals surface area (Å²) in [5.74, 6) is -1.65. The number of anilines is 1. The smallest absolute Gasteiger partial charge is 0.322 e. The van der Waals surface area contributed by atoms with Gasteiger partial charge in [0, 0.05) is 16.8 Å². The Kier molecular flexibility index (Phi) is 5.73. The maximum Gasteiger partial charge on any atom is 0.322 e. The molecule has 2 aromatic carbocycles. The van der Waals surface area contributed by atoms with Gasteiger partial charge in [0.15, 0.2) is 19.7 Å². The average molecular weight is 456 g/mol. The number of carbonyl (C=O) groups is 1. The van der Waals surface area contributed by atoms with Crippen molar-refractivity contribution in [2.24, 2.45) is 0 Å². The molecule has 0 aliphatic carbocycles. The van der Waals surface area contributed by atoms with Crippen molar-refractivity contribution in [3.05, 3.63) is 53.6 Å². The lowest BCUT2D eigenvalue weighted by atomic mass is 10.2. The Labute approximate surface area is 171 Å². The number of aromatic nitrogens is 2. The number of carbonyl (C=O) groups excluding carboxylic acids is 1. The SMILES string of the molecule is CS(=O)(=O)c1ccc(-c2nnc(NC(=O)CS(=O)(=O)c3ccc(Cl)cc3)o2)cc1. The van der Waals surface area contributed by atoms with Crippen molar-refractivity contribution in [1.29, 1.82) is 0 Å².